The number of rotatable bonds is 14. The highest BCUT2D eigenvalue weighted by Crippen LogP contribution is 2.32. The van der Waals surface area contributed by atoms with Crippen LogP contribution in [0.1, 0.15) is 37.0 Å². The number of alkyl halides is 6. The van der Waals surface area contributed by atoms with Crippen molar-refractivity contribution in [3.63, 3.8) is 0 Å². The first-order chi connectivity index (χ1) is 25.1. The maximum atomic E-state index is 12.6. The fourth-order valence-electron chi connectivity index (χ4n) is 4.93. The van der Waals surface area contributed by atoms with Crippen LogP contribution < -0.4 is 19.1 Å². The fraction of sp³-hybridized carbons (Fsp3) is 0.343. The van der Waals surface area contributed by atoms with Gasteiger partial charge in [-0.15, -0.1) is 23.0 Å². The van der Waals surface area contributed by atoms with Gasteiger partial charge in [-0.05, 0) is 109 Å². The number of ether oxygens (including phenoxy) is 4. The molecule has 0 saturated carbocycles. The lowest BCUT2D eigenvalue weighted by Gasteiger charge is -2.28. The molecule has 18 heteroatoms. The number of nitrogens with one attached hydrogen (secondary N) is 1. The zero-order chi connectivity index (χ0) is 38.8. The second kappa shape index (κ2) is 18.1. The number of aromatic amines is 1. The third-order valence-corrected chi connectivity index (χ3v) is 8.07. The summed E-state index contributed by atoms with van der Waals surface area (Å²) >= 11 is 1.04. The number of carbonyl (C=O) groups excluding carboxylic acids is 1. The van der Waals surface area contributed by atoms with Gasteiger partial charge in [0.15, 0.2) is 17.0 Å². The smallest absolute Gasteiger partial charge is 0.497 e. The van der Waals surface area contributed by atoms with E-state index in [-0.39, 0.29) is 11.7 Å². The minimum Gasteiger partial charge on any atom is -0.497 e. The van der Waals surface area contributed by atoms with E-state index in [4.69, 9.17) is 9.47 Å². The van der Waals surface area contributed by atoms with E-state index >= 15 is 0 Å². The Kier molecular flexibility index (Phi) is 13.9. The Hall–Kier alpha value is -5.10. The van der Waals surface area contributed by atoms with Crippen LogP contribution in [0.25, 0.3) is 17.1 Å². The van der Waals surface area contributed by atoms with Gasteiger partial charge >= 0.3 is 24.8 Å². The number of hydrogen-bond acceptors (Lipinski definition) is 9. The largest absolute Gasteiger partial charge is 0.573 e. The summed E-state index contributed by atoms with van der Waals surface area (Å²) in [5.74, 6) is -0.407. The van der Waals surface area contributed by atoms with Gasteiger partial charge in [-0.1, -0.05) is 19.1 Å². The number of carbonyl (C=O) groups is 1. The van der Waals surface area contributed by atoms with Crippen LogP contribution in [0.5, 0.6) is 11.5 Å². The van der Waals surface area contributed by atoms with Crippen LogP contribution in [0.3, 0.4) is 0 Å². The van der Waals surface area contributed by atoms with E-state index in [0.29, 0.717) is 46.5 Å². The summed E-state index contributed by atoms with van der Waals surface area (Å²) in [6.45, 7) is 5.94. The molecule has 4 aromatic rings. The topological polar surface area (TPSA) is 115 Å². The molecule has 0 amide bonds. The van der Waals surface area contributed by atoms with Crippen molar-refractivity contribution in [2.75, 3.05) is 31.1 Å². The number of hydrogen-bond donors (Lipinski definition) is 1. The maximum absolute atomic E-state index is 12.6. The molecule has 1 N–H and O–H groups in total. The highest BCUT2D eigenvalue weighted by molar-refractivity contribution is 8.14. The van der Waals surface area contributed by atoms with Crippen LogP contribution in [0.15, 0.2) is 77.2 Å². The summed E-state index contributed by atoms with van der Waals surface area (Å²) in [7, 11) is 1.57. The molecule has 1 unspecified atom stereocenters. The molecular weight excluding hydrogens is 730 g/mol. The van der Waals surface area contributed by atoms with Crippen LogP contribution in [-0.2, 0) is 14.3 Å². The van der Waals surface area contributed by atoms with E-state index < -0.39 is 31.2 Å². The molecule has 53 heavy (non-hydrogen) atoms. The Morgan fingerprint density at radius 2 is 1.68 bits per heavy atom. The number of nitrogens with zero attached hydrogens (tertiary/aromatic N) is 5. The van der Waals surface area contributed by atoms with E-state index in [2.05, 4.69) is 29.8 Å². The van der Waals surface area contributed by atoms with Crippen LogP contribution in [0, 0.1) is 13.8 Å². The number of thioether (sulfide) groups is 1. The predicted octanol–water partition coefficient (Wildman–Crippen LogP) is 7.69. The van der Waals surface area contributed by atoms with Gasteiger partial charge in [-0.2, -0.15) is 23.4 Å². The average molecular weight is 768 g/mol. The van der Waals surface area contributed by atoms with Gasteiger partial charge in [-0.3, -0.25) is 0 Å². The van der Waals surface area contributed by atoms with Crippen molar-refractivity contribution in [2.24, 2.45) is 10.2 Å². The summed E-state index contributed by atoms with van der Waals surface area (Å²) in [5, 5.41) is 12.2. The maximum Gasteiger partial charge on any atom is 0.573 e. The summed E-state index contributed by atoms with van der Waals surface area (Å²) in [4.78, 5) is 18.7. The first-order valence-corrected chi connectivity index (χ1v) is 17.0. The van der Waals surface area contributed by atoms with E-state index in [9.17, 15) is 31.1 Å². The Bertz CT molecular complexity index is 1860. The molecule has 0 aliphatic heterocycles. The Morgan fingerprint density at radius 3 is 2.26 bits per heavy atom. The van der Waals surface area contributed by atoms with E-state index in [1.807, 2.05) is 37.8 Å². The van der Waals surface area contributed by atoms with Gasteiger partial charge in [0.2, 0.25) is 0 Å². The highest BCUT2D eigenvalue weighted by atomic mass is 32.2. The summed E-state index contributed by atoms with van der Waals surface area (Å²) in [6.07, 6.45) is -7.09. The molecule has 1 heterocycles. The Labute approximate surface area is 305 Å². The minimum atomic E-state index is -4.79. The van der Waals surface area contributed by atoms with Crippen LogP contribution >= 0.6 is 11.8 Å². The van der Waals surface area contributed by atoms with Crippen molar-refractivity contribution in [2.45, 2.75) is 52.8 Å². The average Bonchev–Trinajstić information content (AvgIpc) is 3.59. The molecule has 284 valence electrons. The van der Waals surface area contributed by atoms with E-state index in [0.717, 1.165) is 28.6 Å². The number of esters is 1. The standard InChI is InChI=1S/C35H36F6N6O5S/c1-6-15-46(30-22(2)16-29(49-5)17-23(30)3)33(53-21-51-32(48)24(4)50-19-34(36,37)38)44-43-18-25-7-9-26(10-8-25)31-42-20-47(45-31)27-11-13-28(14-12-27)52-35(39,40)41/h7-14,16-18,20,24H,6,15,19,21H2,1-5H3/p+1. The molecule has 0 aliphatic carbocycles. The normalized spacial score (nSPS) is 12.9. The van der Waals surface area contributed by atoms with Crippen molar-refractivity contribution in [1.82, 2.24) is 10.1 Å². The number of methoxy groups -OCH3 is 1. The predicted molar refractivity (Wildman–Crippen MR) is 187 cm³/mol. The number of aromatic nitrogens is 3. The second-order valence-corrected chi connectivity index (χ2v) is 12.3. The Morgan fingerprint density at radius 1 is 1.02 bits per heavy atom. The zero-order valence-corrected chi connectivity index (χ0v) is 30.1. The van der Waals surface area contributed by atoms with Crippen molar-refractivity contribution in [1.29, 1.82) is 0 Å². The molecule has 0 saturated heterocycles. The number of aryl methyl sites for hydroxylation is 2. The van der Waals surface area contributed by atoms with Crippen molar-refractivity contribution in [3.05, 3.63) is 83.7 Å². The third kappa shape index (κ3) is 12.2. The lowest BCUT2D eigenvalue weighted by atomic mass is 10.1. The van der Waals surface area contributed by atoms with Gasteiger partial charge in [0.05, 0.1) is 13.3 Å². The lowest BCUT2D eigenvalue weighted by Crippen LogP contribution is -2.32. The molecule has 3 aromatic carbocycles. The minimum absolute atomic E-state index is 0.273. The molecule has 1 aromatic heterocycles. The molecule has 11 nitrogen and oxygen atoms in total. The van der Waals surface area contributed by atoms with Gasteiger partial charge in [0.1, 0.15) is 24.0 Å². The van der Waals surface area contributed by atoms with E-state index in [1.165, 1.54) is 48.4 Å². The second-order valence-electron chi connectivity index (χ2n) is 11.4. The number of H-pyrrole nitrogens is 1. The number of amidine groups is 1. The SMILES string of the molecule is CCCN(C(=NN=Cc1ccc(-c2nc[n+](-c3ccc(OC(F)(F)F)cc3)[nH]2)cc1)SCOC(=O)C(C)OCC(F)(F)F)c1c(C)cc(OC)cc1C. The lowest BCUT2D eigenvalue weighted by molar-refractivity contribution is -0.656. The summed E-state index contributed by atoms with van der Waals surface area (Å²) < 4.78 is 95.8. The first-order valence-electron chi connectivity index (χ1n) is 16.0. The molecule has 1 atom stereocenters. The Balaban J connectivity index is 1.52. The van der Waals surface area contributed by atoms with Crippen molar-refractivity contribution in [3.8, 4) is 28.6 Å². The molecule has 0 bridgehead atoms. The van der Waals surface area contributed by atoms with Crippen LogP contribution in [0.2, 0.25) is 0 Å². The van der Waals surface area contributed by atoms with Crippen molar-refractivity contribution >= 4 is 34.8 Å². The third-order valence-electron chi connectivity index (χ3n) is 7.28. The zero-order valence-electron chi connectivity index (χ0n) is 29.3. The highest BCUT2D eigenvalue weighted by Gasteiger charge is 2.32. The monoisotopic (exact) mass is 767 g/mol. The molecular formula is C35H37F6N6O5S+. The van der Waals surface area contributed by atoms with Crippen molar-refractivity contribution < 1.29 is 54.8 Å². The molecule has 0 radical (unpaired) electrons. The van der Waals surface area contributed by atoms with Gasteiger partial charge in [0, 0.05) is 17.8 Å². The summed E-state index contributed by atoms with van der Waals surface area (Å²) in [6, 6.07) is 16.2. The number of anilines is 1. The van der Waals surface area contributed by atoms with Gasteiger partial charge < -0.3 is 23.8 Å². The molecule has 4 rings (SSSR count). The van der Waals surface area contributed by atoms with Crippen LogP contribution in [-0.4, -0.2) is 72.3 Å². The molecule has 0 spiro atoms. The van der Waals surface area contributed by atoms with Gasteiger partial charge in [0.25, 0.3) is 5.82 Å². The number of benzene rings is 3. The van der Waals surface area contributed by atoms with Gasteiger partial charge in [-0.25, -0.2) is 4.79 Å². The summed E-state index contributed by atoms with van der Waals surface area (Å²) in [5.41, 5.74) is 4.55. The molecule has 0 aliphatic rings. The van der Waals surface area contributed by atoms with Crippen LogP contribution in [0.4, 0.5) is 32.0 Å². The first kappa shape index (κ1) is 40.7. The van der Waals surface area contributed by atoms with E-state index in [1.54, 1.807) is 31.4 Å². The number of halogens is 6. The fourth-order valence-corrected chi connectivity index (χ4v) is 5.65. The quantitative estimate of drug-likeness (QED) is 0.0265. The molecule has 0 fully saturated rings.